The highest BCUT2D eigenvalue weighted by molar-refractivity contribution is 5.96. The summed E-state index contributed by atoms with van der Waals surface area (Å²) in [6.07, 6.45) is 6.00. The Bertz CT molecular complexity index is 1270. The molecule has 1 amide bonds. The Kier molecular flexibility index (Phi) is 6.71. The van der Waals surface area contributed by atoms with Gasteiger partial charge in [-0.15, -0.1) is 0 Å². The molecule has 3 aromatic rings. The highest BCUT2D eigenvalue weighted by atomic mass is 16.3. The number of hydrogen-bond donors (Lipinski definition) is 1. The fourth-order valence-corrected chi connectivity index (χ4v) is 5.68. The lowest BCUT2D eigenvalue weighted by atomic mass is 9.87. The lowest BCUT2D eigenvalue weighted by Crippen LogP contribution is -2.39. The summed E-state index contributed by atoms with van der Waals surface area (Å²) in [5, 5.41) is 10.8. The molecule has 6 nitrogen and oxygen atoms in total. The van der Waals surface area contributed by atoms with Crippen LogP contribution in [0.5, 0.6) is 5.88 Å². The Morgan fingerprint density at radius 3 is 2.66 bits per heavy atom. The highest BCUT2D eigenvalue weighted by Gasteiger charge is 2.34. The van der Waals surface area contributed by atoms with E-state index < -0.39 is 17.3 Å². The number of rotatable bonds is 6. The number of unbranched alkanes of at least 4 members (excludes halogenated alkanes) is 1. The summed E-state index contributed by atoms with van der Waals surface area (Å²) in [5.74, 6) is -0.0596. The fraction of sp³-hybridized carbons (Fsp3) is 0.414. The van der Waals surface area contributed by atoms with Crippen LogP contribution in [-0.4, -0.2) is 38.6 Å². The molecule has 2 aliphatic rings. The number of aromatic hydroxyl groups is 1. The average Bonchev–Trinajstić information content (AvgIpc) is 3.38. The van der Waals surface area contributed by atoms with Gasteiger partial charge in [-0.05, 0) is 48.8 Å². The maximum absolute atomic E-state index is 13.9. The molecule has 1 N–H and O–H groups in total. The number of hydrogen-bond acceptors (Lipinski definition) is 4. The van der Waals surface area contributed by atoms with Crippen molar-refractivity contribution in [2.75, 3.05) is 13.1 Å². The van der Waals surface area contributed by atoms with E-state index >= 15 is 0 Å². The third-order valence-corrected chi connectivity index (χ3v) is 7.53. The van der Waals surface area contributed by atoms with Gasteiger partial charge >= 0.3 is 0 Å². The summed E-state index contributed by atoms with van der Waals surface area (Å²) >= 11 is 0. The molecule has 1 aliphatic heterocycles. The molecule has 0 saturated carbocycles. The molecule has 2 atom stereocenters. The molecule has 6 heteroatoms. The molecule has 1 unspecified atom stereocenters. The molecule has 2 heterocycles. The van der Waals surface area contributed by atoms with E-state index in [-0.39, 0.29) is 17.5 Å². The first-order valence-electron chi connectivity index (χ1n) is 12.8. The van der Waals surface area contributed by atoms with E-state index in [0.29, 0.717) is 25.3 Å². The van der Waals surface area contributed by atoms with Gasteiger partial charge in [0.15, 0.2) is 5.56 Å². The van der Waals surface area contributed by atoms with Gasteiger partial charge in [0.1, 0.15) is 5.82 Å². The standard InChI is InChI=1S/C29H33N3O3/c1-2-3-16-25-30-27(33)26(28(34)31-18-17-22(19-31)20-10-5-4-6-11-20)29(35)32(25)24-15-9-13-21-12-7-8-14-23(21)24/h4-8,10-12,14,22,24,33H,2-3,9,13,15-19H2,1H3/t22-,24?/m0/s1. The van der Waals surface area contributed by atoms with Gasteiger partial charge in [0.05, 0.1) is 6.04 Å². The Morgan fingerprint density at radius 2 is 1.86 bits per heavy atom. The van der Waals surface area contributed by atoms with Crippen LogP contribution in [0.15, 0.2) is 59.4 Å². The first-order valence-corrected chi connectivity index (χ1v) is 12.8. The van der Waals surface area contributed by atoms with E-state index in [9.17, 15) is 14.7 Å². The van der Waals surface area contributed by atoms with Crippen molar-refractivity contribution in [3.63, 3.8) is 0 Å². The molecule has 1 saturated heterocycles. The van der Waals surface area contributed by atoms with Crippen LogP contribution in [0.1, 0.15) is 83.9 Å². The Labute approximate surface area is 206 Å². The largest absolute Gasteiger partial charge is 0.493 e. The van der Waals surface area contributed by atoms with Crippen molar-refractivity contribution in [1.29, 1.82) is 0 Å². The molecule has 0 spiro atoms. The number of benzene rings is 2. The van der Waals surface area contributed by atoms with Crippen molar-refractivity contribution in [2.45, 2.75) is 63.8 Å². The number of aromatic nitrogens is 2. The minimum Gasteiger partial charge on any atom is -0.493 e. The molecule has 1 aliphatic carbocycles. The van der Waals surface area contributed by atoms with E-state index in [2.05, 4.69) is 36.2 Å². The zero-order valence-electron chi connectivity index (χ0n) is 20.3. The predicted octanol–water partition coefficient (Wildman–Crippen LogP) is 4.85. The lowest BCUT2D eigenvalue weighted by molar-refractivity contribution is 0.0783. The number of carbonyl (C=O) groups excluding carboxylic acids is 1. The van der Waals surface area contributed by atoms with Crippen LogP contribution in [0.4, 0.5) is 0 Å². The van der Waals surface area contributed by atoms with E-state index in [1.165, 1.54) is 11.1 Å². The second-order valence-electron chi connectivity index (χ2n) is 9.76. The van der Waals surface area contributed by atoms with Crippen LogP contribution in [0.2, 0.25) is 0 Å². The summed E-state index contributed by atoms with van der Waals surface area (Å²) in [6, 6.07) is 18.2. The Morgan fingerprint density at radius 1 is 1.09 bits per heavy atom. The van der Waals surface area contributed by atoms with Gasteiger partial charge < -0.3 is 10.0 Å². The topological polar surface area (TPSA) is 75.4 Å². The molecular formula is C29H33N3O3. The minimum absolute atomic E-state index is 0.172. The summed E-state index contributed by atoms with van der Waals surface area (Å²) in [5.41, 5.74) is 2.94. The van der Waals surface area contributed by atoms with Gasteiger partial charge in [0, 0.05) is 25.4 Å². The van der Waals surface area contributed by atoms with Gasteiger partial charge in [-0.3, -0.25) is 14.2 Å². The van der Waals surface area contributed by atoms with Crippen molar-refractivity contribution in [3.8, 4) is 5.88 Å². The van der Waals surface area contributed by atoms with Crippen molar-refractivity contribution >= 4 is 5.91 Å². The van der Waals surface area contributed by atoms with E-state index in [4.69, 9.17) is 0 Å². The number of nitrogens with zero attached hydrogens (tertiary/aromatic N) is 3. The maximum Gasteiger partial charge on any atom is 0.270 e. The quantitative estimate of drug-likeness (QED) is 0.558. The predicted molar refractivity (Wildman–Crippen MR) is 136 cm³/mol. The Balaban J connectivity index is 1.53. The monoisotopic (exact) mass is 471 g/mol. The smallest absolute Gasteiger partial charge is 0.270 e. The van der Waals surface area contributed by atoms with Crippen LogP contribution >= 0.6 is 0 Å². The number of fused-ring (bicyclic) bond motifs is 1. The molecule has 0 radical (unpaired) electrons. The van der Waals surface area contributed by atoms with Gasteiger partial charge in [0.2, 0.25) is 5.88 Å². The molecule has 35 heavy (non-hydrogen) atoms. The third-order valence-electron chi connectivity index (χ3n) is 7.53. The SMILES string of the molecule is CCCCc1nc(O)c(C(=O)N2CC[C@H](c3ccccc3)C2)c(=O)n1C1CCCc2ccccc21. The van der Waals surface area contributed by atoms with Gasteiger partial charge in [-0.25, -0.2) is 0 Å². The van der Waals surface area contributed by atoms with E-state index in [1.54, 1.807) is 9.47 Å². The minimum atomic E-state index is -0.436. The highest BCUT2D eigenvalue weighted by Crippen LogP contribution is 2.34. The van der Waals surface area contributed by atoms with Crippen LogP contribution in [0.3, 0.4) is 0 Å². The number of amides is 1. The number of aryl methyl sites for hydroxylation is 2. The van der Waals surface area contributed by atoms with Crippen LogP contribution in [0.25, 0.3) is 0 Å². The fourth-order valence-electron chi connectivity index (χ4n) is 5.68. The molecule has 0 bridgehead atoms. The van der Waals surface area contributed by atoms with Crippen LogP contribution < -0.4 is 5.56 Å². The third kappa shape index (κ3) is 4.49. The zero-order chi connectivity index (χ0) is 24.4. The summed E-state index contributed by atoms with van der Waals surface area (Å²) < 4.78 is 1.71. The molecule has 1 fully saturated rings. The number of likely N-dealkylation sites (tertiary alicyclic amines) is 1. The maximum atomic E-state index is 13.9. The first-order chi connectivity index (χ1) is 17.1. The second kappa shape index (κ2) is 10.1. The van der Waals surface area contributed by atoms with Crippen molar-refractivity contribution in [1.82, 2.24) is 14.5 Å². The first kappa shape index (κ1) is 23.3. The molecule has 182 valence electrons. The van der Waals surface area contributed by atoms with Gasteiger partial charge in [0.25, 0.3) is 11.5 Å². The summed E-state index contributed by atoms with van der Waals surface area (Å²) in [6.45, 7) is 3.18. The normalized spacial score (nSPS) is 19.5. The van der Waals surface area contributed by atoms with Gasteiger partial charge in [-0.1, -0.05) is 67.9 Å². The molecule has 1 aromatic heterocycles. The van der Waals surface area contributed by atoms with Crippen molar-refractivity contribution in [3.05, 3.63) is 93.0 Å². The van der Waals surface area contributed by atoms with Crippen LogP contribution in [-0.2, 0) is 12.8 Å². The Hall–Kier alpha value is -3.41. The van der Waals surface area contributed by atoms with Crippen LogP contribution in [0, 0.1) is 0 Å². The summed E-state index contributed by atoms with van der Waals surface area (Å²) in [4.78, 5) is 33.7. The average molecular weight is 472 g/mol. The van der Waals surface area contributed by atoms with E-state index in [0.717, 1.165) is 44.1 Å². The van der Waals surface area contributed by atoms with Gasteiger partial charge in [-0.2, -0.15) is 4.98 Å². The lowest BCUT2D eigenvalue weighted by Gasteiger charge is -2.29. The van der Waals surface area contributed by atoms with E-state index in [1.807, 2.05) is 30.3 Å². The zero-order valence-corrected chi connectivity index (χ0v) is 20.3. The second-order valence-corrected chi connectivity index (χ2v) is 9.76. The molecule has 2 aromatic carbocycles. The number of carbonyl (C=O) groups is 1. The van der Waals surface area contributed by atoms with Crippen molar-refractivity contribution < 1.29 is 9.90 Å². The summed E-state index contributed by atoms with van der Waals surface area (Å²) in [7, 11) is 0. The van der Waals surface area contributed by atoms with Crippen molar-refractivity contribution in [2.24, 2.45) is 0 Å². The molecule has 5 rings (SSSR count). The molecular weight excluding hydrogens is 438 g/mol.